The molecule has 0 bridgehead atoms. The van der Waals surface area contributed by atoms with Gasteiger partial charge in [0.15, 0.2) is 11.5 Å². The van der Waals surface area contributed by atoms with E-state index in [0.717, 1.165) is 35.2 Å². The first-order valence-electron chi connectivity index (χ1n) is 14.5. The molecule has 3 aromatic carbocycles. The fourth-order valence-corrected chi connectivity index (χ4v) is 5.43. The van der Waals surface area contributed by atoms with Crippen molar-refractivity contribution < 1.29 is 19.1 Å². The molecule has 216 valence electrons. The van der Waals surface area contributed by atoms with Crippen LogP contribution in [0.3, 0.4) is 0 Å². The number of rotatable bonds is 11. The van der Waals surface area contributed by atoms with Crippen LogP contribution < -0.4 is 14.8 Å². The number of nitrogens with zero attached hydrogens (tertiary/aromatic N) is 2. The van der Waals surface area contributed by atoms with Crippen LogP contribution in [0, 0.1) is 0 Å². The Labute approximate surface area is 247 Å². The van der Waals surface area contributed by atoms with Gasteiger partial charge in [0.1, 0.15) is 6.04 Å². The van der Waals surface area contributed by atoms with Crippen molar-refractivity contribution in [3.8, 4) is 11.5 Å². The minimum Gasteiger partial charge on any atom is -0.493 e. The molecule has 1 aliphatic heterocycles. The van der Waals surface area contributed by atoms with Gasteiger partial charge >= 0.3 is 0 Å². The first-order chi connectivity index (χ1) is 20.6. The number of carbonyl (C=O) groups excluding carboxylic acids is 2. The van der Waals surface area contributed by atoms with Crippen molar-refractivity contribution in [1.29, 1.82) is 0 Å². The molecule has 42 heavy (non-hydrogen) atoms. The van der Waals surface area contributed by atoms with Gasteiger partial charge in [0, 0.05) is 31.4 Å². The topological polar surface area (TPSA) is 80.8 Å². The Bertz CT molecular complexity index is 1410. The molecule has 0 radical (unpaired) electrons. The smallest absolute Gasteiger partial charge is 0.242 e. The summed E-state index contributed by atoms with van der Waals surface area (Å²) in [5.74, 6) is 0.438. The quantitative estimate of drug-likeness (QED) is 0.259. The van der Waals surface area contributed by atoms with Crippen LogP contribution in [0.25, 0.3) is 0 Å². The summed E-state index contributed by atoms with van der Waals surface area (Å²) in [6.07, 6.45) is 4.81. The van der Waals surface area contributed by atoms with Crippen molar-refractivity contribution in [2.45, 2.75) is 44.2 Å². The highest BCUT2D eigenvalue weighted by Crippen LogP contribution is 2.32. The van der Waals surface area contributed by atoms with Gasteiger partial charge in [-0.15, -0.1) is 0 Å². The lowest BCUT2D eigenvalue weighted by Crippen LogP contribution is -2.49. The first kappa shape index (κ1) is 28.9. The number of aromatic nitrogens is 1. The maximum atomic E-state index is 14.6. The van der Waals surface area contributed by atoms with Gasteiger partial charge in [-0.1, -0.05) is 72.8 Å². The van der Waals surface area contributed by atoms with E-state index in [-0.39, 0.29) is 18.4 Å². The predicted molar refractivity (Wildman–Crippen MR) is 162 cm³/mol. The van der Waals surface area contributed by atoms with E-state index >= 15 is 0 Å². The second-order valence-electron chi connectivity index (χ2n) is 10.4. The number of nitrogens with one attached hydrogen (secondary N) is 1. The minimum atomic E-state index is -0.574. The maximum absolute atomic E-state index is 14.6. The van der Waals surface area contributed by atoms with Crippen LogP contribution in [-0.4, -0.2) is 48.0 Å². The molecule has 2 amide bonds. The molecular weight excluding hydrogens is 526 g/mol. The van der Waals surface area contributed by atoms with E-state index < -0.39 is 12.0 Å². The number of methoxy groups -OCH3 is 1. The largest absolute Gasteiger partial charge is 0.493 e. The Morgan fingerprint density at radius 2 is 1.64 bits per heavy atom. The minimum absolute atomic E-state index is 0.107. The third kappa shape index (κ3) is 7.16. The Morgan fingerprint density at radius 1 is 0.929 bits per heavy atom. The van der Waals surface area contributed by atoms with Gasteiger partial charge in [0.25, 0.3) is 0 Å². The summed E-state index contributed by atoms with van der Waals surface area (Å²) in [7, 11) is 1.60. The van der Waals surface area contributed by atoms with Crippen LogP contribution in [0.4, 0.5) is 0 Å². The second kappa shape index (κ2) is 14.3. The van der Waals surface area contributed by atoms with E-state index in [0.29, 0.717) is 37.5 Å². The fraction of sp³-hybridized carbons (Fsp3) is 0.286. The molecule has 1 aromatic heterocycles. The molecular formula is C35H37N3O4. The maximum Gasteiger partial charge on any atom is 0.242 e. The van der Waals surface area contributed by atoms with Crippen LogP contribution >= 0.6 is 0 Å². The molecule has 1 aliphatic rings. The van der Waals surface area contributed by atoms with Crippen LogP contribution in [-0.2, 0) is 22.6 Å². The van der Waals surface area contributed by atoms with Crippen molar-refractivity contribution in [2.75, 3.05) is 20.3 Å². The molecule has 7 heteroatoms. The molecule has 0 aliphatic carbocycles. The molecule has 1 saturated heterocycles. The van der Waals surface area contributed by atoms with E-state index in [1.807, 2.05) is 97.1 Å². The Kier molecular flexibility index (Phi) is 9.83. The molecule has 0 unspecified atom stereocenters. The number of carbonyl (C=O) groups is 2. The van der Waals surface area contributed by atoms with Crippen molar-refractivity contribution in [2.24, 2.45) is 0 Å². The van der Waals surface area contributed by atoms with Gasteiger partial charge in [0.05, 0.1) is 19.6 Å². The number of ether oxygens (including phenoxy) is 2. The normalized spacial score (nSPS) is 15.0. The Hall–Kier alpha value is -4.65. The molecule has 0 spiro atoms. The molecule has 1 fully saturated rings. The molecule has 5 rings (SSSR count). The molecule has 0 saturated carbocycles. The number of hydrogen-bond acceptors (Lipinski definition) is 5. The number of hydrogen-bond donors (Lipinski definition) is 1. The third-order valence-corrected chi connectivity index (χ3v) is 7.60. The van der Waals surface area contributed by atoms with Gasteiger partial charge in [0.2, 0.25) is 11.8 Å². The van der Waals surface area contributed by atoms with Crippen molar-refractivity contribution in [1.82, 2.24) is 15.2 Å². The number of amides is 2. The van der Waals surface area contributed by atoms with E-state index in [1.54, 1.807) is 18.2 Å². The summed E-state index contributed by atoms with van der Waals surface area (Å²) in [4.78, 5) is 34.0. The highest BCUT2D eigenvalue weighted by molar-refractivity contribution is 5.92. The molecule has 1 N–H and O–H groups in total. The van der Waals surface area contributed by atoms with Crippen molar-refractivity contribution in [3.63, 3.8) is 0 Å². The molecule has 4 aromatic rings. The lowest BCUT2D eigenvalue weighted by Gasteiger charge is -2.33. The van der Waals surface area contributed by atoms with E-state index in [2.05, 4.69) is 10.3 Å². The van der Waals surface area contributed by atoms with E-state index in [1.165, 1.54) is 0 Å². The van der Waals surface area contributed by atoms with Crippen LogP contribution in [0.2, 0.25) is 0 Å². The van der Waals surface area contributed by atoms with Crippen LogP contribution in [0.1, 0.15) is 47.6 Å². The van der Waals surface area contributed by atoms with Gasteiger partial charge < -0.3 is 19.7 Å². The lowest BCUT2D eigenvalue weighted by molar-refractivity contribution is -0.141. The molecule has 2 heterocycles. The Balaban J connectivity index is 1.43. The summed E-state index contributed by atoms with van der Waals surface area (Å²) < 4.78 is 11.7. The zero-order valence-electron chi connectivity index (χ0n) is 23.9. The summed E-state index contributed by atoms with van der Waals surface area (Å²) in [5.41, 5.74) is 3.59. The van der Waals surface area contributed by atoms with Gasteiger partial charge in [-0.25, -0.2) is 0 Å². The lowest BCUT2D eigenvalue weighted by atomic mass is 9.89. The summed E-state index contributed by atoms with van der Waals surface area (Å²) >= 11 is 0. The average molecular weight is 564 g/mol. The summed E-state index contributed by atoms with van der Waals surface area (Å²) in [5, 5.41) is 3.02. The zero-order chi connectivity index (χ0) is 29.1. The van der Waals surface area contributed by atoms with Crippen LogP contribution in [0.5, 0.6) is 11.5 Å². The van der Waals surface area contributed by atoms with E-state index in [9.17, 15) is 9.59 Å². The standard InChI is InChI=1S/C35H37N3O4/c1-41-32-24-26(18-19-31(32)42-23-20-29-16-8-10-21-36-29)25-38(30-17-9-11-22-37-34(30)39)35(40)33(27-12-4-2-5-13-27)28-14-6-3-7-15-28/h2-8,10,12-16,18-19,21,24,30,33H,9,11,17,20,22-23,25H2,1H3,(H,37,39)/t30-/m0/s1. The third-order valence-electron chi connectivity index (χ3n) is 7.60. The zero-order valence-corrected chi connectivity index (χ0v) is 23.9. The average Bonchev–Trinajstić information content (AvgIpc) is 3.26. The van der Waals surface area contributed by atoms with Crippen LogP contribution in [0.15, 0.2) is 103 Å². The number of pyridine rings is 1. The number of benzene rings is 3. The summed E-state index contributed by atoms with van der Waals surface area (Å²) in [6.45, 7) is 1.34. The SMILES string of the molecule is COc1cc(CN(C(=O)C(c2ccccc2)c2ccccc2)[C@H]2CCCCNC2=O)ccc1OCCc1ccccn1. The van der Waals surface area contributed by atoms with Gasteiger partial charge in [-0.05, 0) is 60.2 Å². The predicted octanol–water partition coefficient (Wildman–Crippen LogP) is 5.54. The highest BCUT2D eigenvalue weighted by Gasteiger charge is 2.36. The first-order valence-corrected chi connectivity index (χ1v) is 14.5. The molecule has 1 atom stereocenters. The summed E-state index contributed by atoms with van der Waals surface area (Å²) in [6, 6.07) is 30.5. The molecule has 7 nitrogen and oxygen atoms in total. The van der Waals surface area contributed by atoms with Crippen molar-refractivity contribution >= 4 is 11.8 Å². The van der Waals surface area contributed by atoms with Crippen molar-refractivity contribution in [3.05, 3.63) is 126 Å². The highest BCUT2D eigenvalue weighted by atomic mass is 16.5. The monoisotopic (exact) mass is 563 g/mol. The van der Waals surface area contributed by atoms with Gasteiger partial charge in [-0.3, -0.25) is 14.6 Å². The Morgan fingerprint density at radius 3 is 2.31 bits per heavy atom. The van der Waals surface area contributed by atoms with E-state index in [4.69, 9.17) is 9.47 Å². The second-order valence-corrected chi connectivity index (χ2v) is 10.4. The van der Waals surface area contributed by atoms with Gasteiger partial charge in [-0.2, -0.15) is 0 Å². The fourth-order valence-electron chi connectivity index (χ4n) is 5.43.